The third-order valence-electron chi connectivity index (χ3n) is 1.21. The van der Waals surface area contributed by atoms with Gasteiger partial charge in [-0.05, 0) is 0 Å². The first kappa shape index (κ1) is 7.97. The lowest BCUT2D eigenvalue weighted by Gasteiger charge is -2.10. The molecule has 0 aliphatic carbocycles. The van der Waals surface area contributed by atoms with E-state index in [1.165, 1.54) is 6.08 Å². The Balaban J connectivity index is 2.65. The van der Waals surface area contributed by atoms with Gasteiger partial charge < -0.3 is 9.47 Å². The number of alkyl halides is 2. The third-order valence-corrected chi connectivity index (χ3v) is 1.21. The lowest BCUT2D eigenvalue weighted by molar-refractivity contribution is -0.197. The zero-order chi connectivity index (χ0) is 8.48. The molecule has 1 aliphatic heterocycles. The van der Waals surface area contributed by atoms with E-state index in [1.807, 2.05) is 0 Å². The van der Waals surface area contributed by atoms with Crippen molar-refractivity contribution < 1.29 is 23.0 Å². The molecule has 3 nitrogen and oxygen atoms in total. The fourth-order valence-corrected chi connectivity index (χ4v) is 0.722. The summed E-state index contributed by atoms with van der Waals surface area (Å²) < 4.78 is 32.6. The second-order valence-electron chi connectivity index (χ2n) is 2.04. The number of halogens is 2. The minimum atomic E-state index is -3.51. The molecule has 0 aromatic heterocycles. The van der Waals surface area contributed by atoms with Gasteiger partial charge in [0.25, 0.3) is 0 Å². The summed E-state index contributed by atoms with van der Waals surface area (Å²) in [5, 5.41) is 0. The average molecular weight is 164 g/mol. The van der Waals surface area contributed by atoms with Gasteiger partial charge in [0.1, 0.15) is 0 Å². The highest BCUT2D eigenvalue weighted by Crippen LogP contribution is 2.32. The van der Waals surface area contributed by atoms with Crippen LogP contribution in [0.5, 0.6) is 0 Å². The Labute approximate surface area is 61.6 Å². The van der Waals surface area contributed by atoms with Crippen LogP contribution in [0.1, 0.15) is 6.42 Å². The van der Waals surface area contributed by atoms with Gasteiger partial charge in [-0.2, -0.15) is 8.78 Å². The van der Waals surface area contributed by atoms with Crippen molar-refractivity contribution in [1.82, 2.24) is 0 Å². The van der Waals surface area contributed by atoms with Gasteiger partial charge in [0.15, 0.2) is 0 Å². The molecular formula is C6H6F2O3. The van der Waals surface area contributed by atoms with E-state index in [-0.39, 0.29) is 6.42 Å². The van der Waals surface area contributed by atoms with Gasteiger partial charge in [-0.1, -0.05) is 6.08 Å². The van der Waals surface area contributed by atoms with Crippen LogP contribution in [0.15, 0.2) is 12.7 Å². The molecule has 0 aromatic rings. The van der Waals surface area contributed by atoms with E-state index in [2.05, 4.69) is 16.1 Å². The van der Waals surface area contributed by atoms with Crippen LogP contribution in [-0.2, 0) is 9.47 Å². The number of rotatable bonds is 2. The molecule has 62 valence electrons. The van der Waals surface area contributed by atoms with Gasteiger partial charge in [0.05, 0.1) is 0 Å². The molecule has 1 saturated heterocycles. The van der Waals surface area contributed by atoms with Gasteiger partial charge in [-0.25, -0.2) is 4.79 Å². The van der Waals surface area contributed by atoms with Gasteiger partial charge >= 0.3 is 12.3 Å². The number of cyclic esters (lactones) is 2. The molecule has 1 unspecified atom stereocenters. The molecule has 1 atom stereocenters. The van der Waals surface area contributed by atoms with E-state index >= 15 is 0 Å². The van der Waals surface area contributed by atoms with E-state index in [0.717, 1.165) is 0 Å². The van der Waals surface area contributed by atoms with Crippen molar-refractivity contribution >= 4 is 6.16 Å². The highest BCUT2D eigenvalue weighted by atomic mass is 19.3. The van der Waals surface area contributed by atoms with E-state index in [0.29, 0.717) is 0 Å². The molecule has 1 aliphatic rings. The number of carbonyl (C=O) groups is 1. The summed E-state index contributed by atoms with van der Waals surface area (Å²) >= 11 is 0. The maximum absolute atomic E-state index is 12.4. The van der Waals surface area contributed by atoms with Crippen molar-refractivity contribution in [2.75, 3.05) is 0 Å². The molecule has 0 spiro atoms. The maximum Gasteiger partial charge on any atom is 0.513 e. The van der Waals surface area contributed by atoms with Crippen LogP contribution in [0.3, 0.4) is 0 Å². The van der Waals surface area contributed by atoms with Crippen molar-refractivity contribution in [3.05, 3.63) is 12.7 Å². The quantitative estimate of drug-likeness (QED) is 0.460. The number of carbonyl (C=O) groups excluding carboxylic acids is 1. The largest absolute Gasteiger partial charge is 0.513 e. The Bertz CT molecular complexity index is 190. The van der Waals surface area contributed by atoms with Crippen molar-refractivity contribution in [2.45, 2.75) is 18.6 Å². The van der Waals surface area contributed by atoms with Crippen LogP contribution in [0.4, 0.5) is 13.6 Å². The third kappa shape index (κ3) is 1.47. The molecule has 0 amide bonds. The molecule has 0 saturated carbocycles. The smallest absolute Gasteiger partial charge is 0.420 e. The summed E-state index contributed by atoms with van der Waals surface area (Å²) in [6.07, 6.45) is -5.24. The second kappa shape index (κ2) is 2.48. The molecule has 0 bridgehead atoms. The Morgan fingerprint density at radius 3 is 2.73 bits per heavy atom. The molecule has 1 fully saturated rings. The summed E-state index contributed by atoms with van der Waals surface area (Å²) in [7, 11) is 0. The normalized spacial score (nSPS) is 27.5. The second-order valence-corrected chi connectivity index (χ2v) is 2.04. The van der Waals surface area contributed by atoms with E-state index in [4.69, 9.17) is 0 Å². The Morgan fingerprint density at radius 2 is 2.36 bits per heavy atom. The van der Waals surface area contributed by atoms with Crippen LogP contribution in [0, 0.1) is 0 Å². The highest BCUT2D eigenvalue weighted by Gasteiger charge is 2.52. The van der Waals surface area contributed by atoms with Crippen LogP contribution in [-0.4, -0.2) is 18.4 Å². The first-order valence-corrected chi connectivity index (χ1v) is 2.94. The monoisotopic (exact) mass is 164 g/mol. The fourth-order valence-electron chi connectivity index (χ4n) is 0.722. The Kier molecular flexibility index (Phi) is 1.80. The van der Waals surface area contributed by atoms with Crippen LogP contribution in [0.25, 0.3) is 0 Å². The Morgan fingerprint density at radius 1 is 1.73 bits per heavy atom. The number of hydrogen-bond acceptors (Lipinski definition) is 3. The van der Waals surface area contributed by atoms with Crippen molar-refractivity contribution in [1.29, 1.82) is 0 Å². The van der Waals surface area contributed by atoms with Crippen LogP contribution in [0.2, 0.25) is 0 Å². The molecule has 1 rings (SSSR count). The average Bonchev–Trinajstić information content (AvgIpc) is 2.07. The van der Waals surface area contributed by atoms with E-state index in [1.54, 1.807) is 0 Å². The fraction of sp³-hybridized carbons (Fsp3) is 0.500. The molecule has 0 radical (unpaired) electrons. The Hall–Kier alpha value is -1.13. The van der Waals surface area contributed by atoms with Crippen LogP contribution >= 0.6 is 0 Å². The lowest BCUT2D eigenvalue weighted by atomic mass is 10.2. The predicted octanol–water partition coefficient (Wildman–Crippen LogP) is 1.69. The molecule has 11 heavy (non-hydrogen) atoms. The molecular weight excluding hydrogens is 158 g/mol. The summed E-state index contributed by atoms with van der Waals surface area (Å²) in [4.78, 5) is 10.2. The van der Waals surface area contributed by atoms with Gasteiger partial charge in [0.2, 0.25) is 6.10 Å². The van der Waals surface area contributed by atoms with Crippen LogP contribution < -0.4 is 0 Å². The molecule has 0 aromatic carbocycles. The predicted molar refractivity (Wildman–Crippen MR) is 31.1 cm³/mol. The maximum atomic E-state index is 12.4. The van der Waals surface area contributed by atoms with E-state index < -0.39 is 18.4 Å². The zero-order valence-corrected chi connectivity index (χ0v) is 5.55. The van der Waals surface area contributed by atoms with Crippen molar-refractivity contribution in [3.63, 3.8) is 0 Å². The van der Waals surface area contributed by atoms with Gasteiger partial charge in [0, 0.05) is 6.42 Å². The minimum absolute atomic E-state index is 0.112. The minimum Gasteiger partial charge on any atom is -0.420 e. The standard InChI is InChI=1S/C6H6F2O3/c1-2-3-4-6(7,8)11-5(9)10-4/h2,4H,1,3H2. The van der Waals surface area contributed by atoms with Crippen molar-refractivity contribution in [2.24, 2.45) is 0 Å². The SMILES string of the molecule is C=CCC1OC(=O)OC1(F)F. The summed E-state index contributed by atoms with van der Waals surface area (Å²) in [5.74, 6) is 0. The van der Waals surface area contributed by atoms with Gasteiger partial charge in [-0.15, -0.1) is 6.58 Å². The number of hydrogen-bond donors (Lipinski definition) is 0. The topological polar surface area (TPSA) is 35.5 Å². The zero-order valence-electron chi connectivity index (χ0n) is 5.55. The van der Waals surface area contributed by atoms with Gasteiger partial charge in [-0.3, -0.25) is 0 Å². The van der Waals surface area contributed by atoms with Crippen molar-refractivity contribution in [3.8, 4) is 0 Å². The first-order chi connectivity index (χ1) is 5.06. The number of ether oxygens (including phenoxy) is 2. The summed E-state index contributed by atoms with van der Waals surface area (Å²) in [5.41, 5.74) is 0. The highest BCUT2D eigenvalue weighted by molar-refractivity contribution is 5.62. The lowest BCUT2D eigenvalue weighted by Crippen LogP contribution is -2.29. The first-order valence-electron chi connectivity index (χ1n) is 2.94. The molecule has 0 N–H and O–H groups in total. The summed E-state index contributed by atoms with van der Waals surface area (Å²) in [6, 6.07) is 0. The molecule has 5 heteroatoms. The molecule has 1 heterocycles. The van der Waals surface area contributed by atoms with E-state index in [9.17, 15) is 13.6 Å². The summed E-state index contributed by atoms with van der Waals surface area (Å²) in [6.45, 7) is 3.23.